The first-order chi connectivity index (χ1) is 11.0. The molecular weight excluding hydrogens is 316 g/mol. The van der Waals surface area contributed by atoms with E-state index in [0.29, 0.717) is 17.2 Å². The summed E-state index contributed by atoms with van der Waals surface area (Å²) < 4.78 is 10.6. The Morgan fingerprint density at radius 3 is 2.26 bits per heavy atom. The Balaban J connectivity index is 2.29. The Kier molecular flexibility index (Phi) is 5.77. The summed E-state index contributed by atoms with van der Waals surface area (Å²) in [4.78, 5) is 22.6. The second-order valence-corrected chi connectivity index (χ2v) is 5.49. The van der Waals surface area contributed by atoms with Gasteiger partial charge in [0.2, 0.25) is 0 Å². The third-order valence-corrected chi connectivity index (χ3v) is 3.43. The lowest BCUT2D eigenvalue weighted by Crippen LogP contribution is -2.13. The number of rotatable bonds is 5. The standard InChI is InChI=1S/C18H17ClO4/c1-12(20)22-17-6-4-3-5-15(17)11-18(23-13(2)21)14-7-9-16(19)10-8-14/h3-10,18H,11H2,1-2H3. The smallest absolute Gasteiger partial charge is 0.308 e. The molecular formula is C18H17ClO4. The van der Waals surface area contributed by atoms with Crippen molar-refractivity contribution < 1.29 is 19.1 Å². The number of hydrogen-bond donors (Lipinski definition) is 0. The first-order valence-corrected chi connectivity index (χ1v) is 7.52. The van der Waals surface area contributed by atoms with E-state index >= 15 is 0 Å². The molecule has 1 unspecified atom stereocenters. The monoisotopic (exact) mass is 332 g/mol. The molecule has 0 N–H and O–H groups in total. The predicted molar refractivity (Wildman–Crippen MR) is 87.4 cm³/mol. The first-order valence-electron chi connectivity index (χ1n) is 7.14. The van der Waals surface area contributed by atoms with Gasteiger partial charge in [-0.2, -0.15) is 0 Å². The second-order valence-electron chi connectivity index (χ2n) is 5.06. The molecule has 0 saturated heterocycles. The molecule has 0 bridgehead atoms. The fourth-order valence-corrected chi connectivity index (χ4v) is 2.36. The average molecular weight is 333 g/mol. The Hall–Kier alpha value is -2.33. The third-order valence-electron chi connectivity index (χ3n) is 3.18. The van der Waals surface area contributed by atoms with Gasteiger partial charge in [-0.05, 0) is 29.3 Å². The fourth-order valence-electron chi connectivity index (χ4n) is 2.23. The molecule has 0 aromatic heterocycles. The molecule has 0 saturated carbocycles. The lowest BCUT2D eigenvalue weighted by atomic mass is 10.0. The van der Waals surface area contributed by atoms with Crippen LogP contribution in [-0.4, -0.2) is 11.9 Å². The Bertz CT molecular complexity index is 694. The fraction of sp³-hybridized carbons (Fsp3) is 0.222. The van der Waals surface area contributed by atoms with Gasteiger partial charge in [0, 0.05) is 25.3 Å². The third kappa shape index (κ3) is 5.11. The van der Waals surface area contributed by atoms with Crippen LogP contribution < -0.4 is 4.74 Å². The van der Waals surface area contributed by atoms with Gasteiger partial charge in [0.05, 0.1) is 0 Å². The largest absolute Gasteiger partial charge is 0.457 e. The van der Waals surface area contributed by atoms with Gasteiger partial charge in [-0.3, -0.25) is 9.59 Å². The van der Waals surface area contributed by atoms with E-state index in [4.69, 9.17) is 21.1 Å². The number of halogens is 1. The van der Waals surface area contributed by atoms with Crippen LogP contribution >= 0.6 is 11.6 Å². The topological polar surface area (TPSA) is 52.6 Å². The highest BCUT2D eigenvalue weighted by Crippen LogP contribution is 2.28. The van der Waals surface area contributed by atoms with Crippen molar-refractivity contribution in [3.8, 4) is 5.75 Å². The van der Waals surface area contributed by atoms with Crippen molar-refractivity contribution in [1.82, 2.24) is 0 Å². The minimum absolute atomic E-state index is 0.380. The molecule has 2 aromatic rings. The highest BCUT2D eigenvalue weighted by Gasteiger charge is 2.18. The zero-order valence-electron chi connectivity index (χ0n) is 12.9. The van der Waals surface area contributed by atoms with E-state index in [2.05, 4.69) is 0 Å². The quantitative estimate of drug-likeness (QED) is 0.610. The molecule has 2 aromatic carbocycles. The van der Waals surface area contributed by atoms with Crippen molar-refractivity contribution in [3.05, 3.63) is 64.7 Å². The average Bonchev–Trinajstić information content (AvgIpc) is 2.48. The summed E-state index contributed by atoms with van der Waals surface area (Å²) >= 11 is 5.90. The molecule has 0 aliphatic carbocycles. The molecule has 0 aliphatic heterocycles. The lowest BCUT2D eigenvalue weighted by molar-refractivity contribution is -0.146. The van der Waals surface area contributed by atoms with Crippen molar-refractivity contribution in [1.29, 1.82) is 0 Å². The van der Waals surface area contributed by atoms with Gasteiger partial charge in [0.1, 0.15) is 11.9 Å². The Morgan fingerprint density at radius 2 is 1.65 bits per heavy atom. The number of benzene rings is 2. The van der Waals surface area contributed by atoms with Crippen molar-refractivity contribution >= 4 is 23.5 Å². The molecule has 0 amide bonds. The van der Waals surface area contributed by atoms with Crippen LogP contribution in [0.5, 0.6) is 5.75 Å². The summed E-state index contributed by atoms with van der Waals surface area (Å²) in [6.07, 6.45) is -0.0912. The van der Waals surface area contributed by atoms with Crippen molar-refractivity contribution in [2.24, 2.45) is 0 Å². The zero-order valence-corrected chi connectivity index (χ0v) is 13.7. The van der Waals surface area contributed by atoms with Crippen molar-refractivity contribution in [3.63, 3.8) is 0 Å². The van der Waals surface area contributed by atoms with Crippen molar-refractivity contribution in [2.45, 2.75) is 26.4 Å². The molecule has 0 fully saturated rings. The Labute approximate surface area is 140 Å². The molecule has 0 aliphatic rings. The van der Waals surface area contributed by atoms with E-state index in [1.165, 1.54) is 13.8 Å². The van der Waals surface area contributed by atoms with Gasteiger partial charge in [-0.25, -0.2) is 0 Å². The van der Waals surface area contributed by atoms with Crippen LogP contribution in [0.25, 0.3) is 0 Å². The molecule has 1 atom stereocenters. The van der Waals surface area contributed by atoms with E-state index in [0.717, 1.165) is 11.1 Å². The summed E-state index contributed by atoms with van der Waals surface area (Å²) in [5.41, 5.74) is 1.60. The molecule has 4 nitrogen and oxygen atoms in total. The maximum atomic E-state index is 11.4. The summed E-state index contributed by atoms with van der Waals surface area (Å²) in [5, 5.41) is 0.607. The molecule has 5 heteroatoms. The number of carbonyl (C=O) groups excluding carboxylic acids is 2. The summed E-state index contributed by atoms with van der Waals surface area (Å²) in [6.45, 7) is 2.71. The normalized spacial score (nSPS) is 11.6. The number of carbonyl (C=O) groups is 2. The van der Waals surface area contributed by atoms with E-state index < -0.39 is 12.1 Å². The molecule has 0 radical (unpaired) electrons. The molecule has 0 heterocycles. The molecule has 23 heavy (non-hydrogen) atoms. The van der Waals surface area contributed by atoms with E-state index in [9.17, 15) is 9.59 Å². The number of hydrogen-bond acceptors (Lipinski definition) is 4. The van der Waals surface area contributed by atoms with Gasteiger partial charge in [0.15, 0.2) is 0 Å². The Morgan fingerprint density at radius 1 is 1.00 bits per heavy atom. The molecule has 0 spiro atoms. The summed E-state index contributed by atoms with van der Waals surface area (Å²) in [6, 6.07) is 14.3. The van der Waals surface area contributed by atoms with Gasteiger partial charge >= 0.3 is 11.9 Å². The number of ether oxygens (including phenoxy) is 2. The van der Waals surface area contributed by atoms with Gasteiger partial charge in [-0.15, -0.1) is 0 Å². The number of esters is 2. The van der Waals surface area contributed by atoms with Crippen LogP contribution in [0.15, 0.2) is 48.5 Å². The maximum absolute atomic E-state index is 11.4. The van der Waals surface area contributed by atoms with Crippen LogP contribution in [0.4, 0.5) is 0 Å². The van der Waals surface area contributed by atoms with Gasteiger partial charge in [0.25, 0.3) is 0 Å². The van der Waals surface area contributed by atoms with Crippen LogP contribution in [0.2, 0.25) is 5.02 Å². The predicted octanol–water partition coefficient (Wildman–Crippen LogP) is 4.11. The van der Waals surface area contributed by atoms with Gasteiger partial charge in [-0.1, -0.05) is 41.9 Å². The van der Waals surface area contributed by atoms with Crippen LogP contribution in [0.3, 0.4) is 0 Å². The van der Waals surface area contributed by atoms with E-state index in [-0.39, 0.29) is 5.97 Å². The van der Waals surface area contributed by atoms with Crippen LogP contribution in [0.1, 0.15) is 31.1 Å². The number of para-hydroxylation sites is 1. The SMILES string of the molecule is CC(=O)Oc1ccccc1CC(OC(C)=O)c1ccc(Cl)cc1. The van der Waals surface area contributed by atoms with Gasteiger partial charge < -0.3 is 9.47 Å². The second kappa shape index (κ2) is 7.79. The highest BCUT2D eigenvalue weighted by atomic mass is 35.5. The lowest BCUT2D eigenvalue weighted by Gasteiger charge is -2.19. The minimum Gasteiger partial charge on any atom is -0.457 e. The zero-order chi connectivity index (χ0) is 16.8. The van der Waals surface area contributed by atoms with Crippen LogP contribution in [-0.2, 0) is 20.7 Å². The summed E-state index contributed by atoms with van der Waals surface area (Å²) in [7, 11) is 0. The minimum atomic E-state index is -0.485. The molecule has 120 valence electrons. The summed E-state index contributed by atoms with van der Waals surface area (Å²) in [5.74, 6) is -0.311. The van der Waals surface area contributed by atoms with Crippen molar-refractivity contribution in [2.75, 3.05) is 0 Å². The van der Waals surface area contributed by atoms with E-state index in [1.807, 2.05) is 24.3 Å². The highest BCUT2D eigenvalue weighted by molar-refractivity contribution is 6.30. The van der Waals surface area contributed by atoms with E-state index in [1.54, 1.807) is 24.3 Å². The van der Waals surface area contributed by atoms with Crippen LogP contribution in [0, 0.1) is 0 Å². The maximum Gasteiger partial charge on any atom is 0.308 e. The first kappa shape index (κ1) is 17.0. The molecule has 2 rings (SSSR count).